The Labute approximate surface area is 107 Å². The van der Waals surface area contributed by atoms with Crippen LogP contribution in [0.1, 0.15) is 40.0 Å². The van der Waals surface area contributed by atoms with E-state index in [9.17, 15) is 9.59 Å². The fourth-order valence-corrected chi connectivity index (χ4v) is 3.63. The molecule has 0 aromatic rings. The molecule has 0 saturated heterocycles. The Kier molecular flexibility index (Phi) is 2.99. The monoisotopic (exact) mass is 252 g/mol. The van der Waals surface area contributed by atoms with Crippen LogP contribution in [-0.4, -0.2) is 23.1 Å². The fraction of sp³-hybridized carbons (Fsp3) is 0.714. The van der Waals surface area contributed by atoms with E-state index >= 15 is 0 Å². The van der Waals surface area contributed by atoms with Gasteiger partial charge < -0.3 is 9.84 Å². The molecule has 100 valence electrons. The minimum absolute atomic E-state index is 0.0182. The second-order valence-electron chi connectivity index (χ2n) is 6.21. The van der Waals surface area contributed by atoms with Crippen molar-refractivity contribution in [3.05, 3.63) is 12.2 Å². The first-order valence-corrected chi connectivity index (χ1v) is 6.39. The topological polar surface area (TPSA) is 63.6 Å². The molecule has 2 rings (SSSR count). The lowest BCUT2D eigenvalue weighted by atomic mass is 9.70. The lowest BCUT2D eigenvalue weighted by Gasteiger charge is -2.38. The van der Waals surface area contributed by atoms with Gasteiger partial charge in [-0.15, -0.1) is 0 Å². The molecule has 2 saturated carbocycles. The highest BCUT2D eigenvalue weighted by Gasteiger charge is 2.62. The summed E-state index contributed by atoms with van der Waals surface area (Å²) in [6, 6.07) is 0. The third-order valence-electron chi connectivity index (χ3n) is 5.33. The number of carboxylic acids is 1. The summed E-state index contributed by atoms with van der Waals surface area (Å²) >= 11 is 0. The van der Waals surface area contributed by atoms with Crippen molar-refractivity contribution in [2.75, 3.05) is 0 Å². The van der Waals surface area contributed by atoms with Gasteiger partial charge in [-0.2, -0.15) is 0 Å². The van der Waals surface area contributed by atoms with E-state index in [1.165, 1.54) is 6.42 Å². The van der Waals surface area contributed by atoms with Crippen molar-refractivity contribution in [1.82, 2.24) is 0 Å². The molecular formula is C14H20O4. The molecule has 3 atom stereocenters. The van der Waals surface area contributed by atoms with Crippen molar-refractivity contribution < 1.29 is 19.4 Å². The third-order valence-corrected chi connectivity index (χ3v) is 5.33. The Hall–Kier alpha value is -1.32. The van der Waals surface area contributed by atoms with Gasteiger partial charge in [0.25, 0.3) is 0 Å². The third kappa shape index (κ3) is 1.84. The number of carboxylic acid groups (broad SMARTS) is 1. The number of carbonyl (C=O) groups is 2. The summed E-state index contributed by atoms with van der Waals surface area (Å²) < 4.78 is 5.45. The highest BCUT2D eigenvalue weighted by molar-refractivity contribution is 5.90. The predicted octanol–water partition coefficient (Wildman–Crippen LogP) is 2.39. The van der Waals surface area contributed by atoms with Crippen LogP contribution in [0.5, 0.6) is 0 Å². The maximum absolute atomic E-state index is 11.6. The van der Waals surface area contributed by atoms with Crippen molar-refractivity contribution in [3.63, 3.8) is 0 Å². The summed E-state index contributed by atoms with van der Waals surface area (Å²) in [7, 11) is 0. The van der Waals surface area contributed by atoms with Crippen molar-refractivity contribution in [2.45, 2.75) is 46.1 Å². The summed E-state index contributed by atoms with van der Waals surface area (Å²) in [5, 5.41) is 8.47. The second-order valence-corrected chi connectivity index (χ2v) is 6.21. The predicted molar refractivity (Wildman–Crippen MR) is 65.9 cm³/mol. The average Bonchev–Trinajstić information content (AvgIpc) is 2.59. The van der Waals surface area contributed by atoms with Crippen LogP contribution in [0.15, 0.2) is 12.2 Å². The Morgan fingerprint density at radius 3 is 2.39 bits per heavy atom. The lowest BCUT2D eigenvalue weighted by molar-refractivity contribution is -0.151. The number of rotatable bonds is 3. The zero-order valence-electron chi connectivity index (χ0n) is 11.1. The largest absolute Gasteiger partial charge is 0.478 e. The van der Waals surface area contributed by atoms with E-state index in [0.717, 1.165) is 25.0 Å². The van der Waals surface area contributed by atoms with E-state index < -0.39 is 11.9 Å². The molecule has 0 aliphatic heterocycles. The Bertz CT molecular complexity index is 410. The first kappa shape index (κ1) is 13.1. The molecule has 0 unspecified atom stereocenters. The minimum atomic E-state index is -1.13. The van der Waals surface area contributed by atoms with Crippen molar-refractivity contribution >= 4 is 11.9 Å². The van der Waals surface area contributed by atoms with Gasteiger partial charge in [0.05, 0.1) is 0 Å². The van der Waals surface area contributed by atoms with E-state index in [1.807, 2.05) is 0 Å². The van der Waals surface area contributed by atoms with E-state index in [2.05, 4.69) is 20.8 Å². The molecule has 2 aliphatic rings. The van der Waals surface area contributed by atoms with Gasteiger partial charge in [0.15, 0.2) is 0 Å². The van der Waals surface area contributed by atoms with Crippen molar-refractivity contribution in [1.29, 1.82) is 0 Å². The molecule has 0 radical (unpaired) electrons. The molecule has 2 fully saturated rings. The summed E-state index contributed by atoms with van der Waals surface area (Å²) in [6.45, 7) is 6.66. The van der Waals surface area contributed by atoms with Crippen molar-refractivity contribution in [2.24, 2.45) is 16.7 Å². The molecule has 0 aromatic carbocycles. The van der Waals surface area contributed by atoms with Gasteiger partial charge in [-0.3, -0.25) is 0 Å². The second kappa shape index (κ2) is 4.11. The smallest absolute Gasteiger partial charge is 0.331 e. The van der Waals surface area contributed by atoms with Gasteiger partial charge in [-0.25, -0.2) is 9.59 Å². The lowest BCUT2D eigenvalue weighted by Crippen LogP contribution is -2.38. The molecule has 2 aliphatic carbocycles. The number of carbonyl (C=O) groups excluding carboxylic acids is 1. The first-order valence-electron chi connectivity index (χ1n) is 6.39. The van der Waals surface area contributed by atoms with Crippen LogP contribution in [-0.2, 0) is 14.3 Å². The maximum atomic E-state index is 11.6. The molecule has 2 bridgehead atoms. The Morgan fingerprint density at radius 1 is 1.28 bits per heavy atom. The van der Waals surface area contributed by atoms with Crippen LogP contribution in [0.4, 0.5) is 0 Å². The standard InChI is InChI=1S/C14H20O4/c1-13(2)9-6-7-14(13,3)10(8-9)18-12(17)5-4-11(15)16/h4-5,9-10H,6-8H2,1-3H3,(H,15,16)/t9-,10-,14+/m0/s1. The molecule has 0 aromatic heterocycles. The number of esters is 1. The molecule has 0 heterocycles. The summed E-state index contributed by atoms with van der Waals surface area (Å²) in [6.07, 6.45) is 4.90. The van der Waals surface area contributed by atoms with Crippen LogP contribution in [0, 0.1) is 16.7 Å². The molecule has 18 heavy (non-hydrogen) atoms. The van der Waals surface area contributed by atoms with Crippen LogP contribution in [0.25, 0.3) is 0 Å². The summed E-state index contributed by atoms with van der Waals surface area (Å²) in [5.74, 6) is -1.08. The highest BCUT2D eigenvalue weighted by Crippen LogP contribution is 2.66. The van der Waals surface area contributed by atoms with Crippen LogP contribution in [0.3, 0.4) is 0 Å². The average molecular weight is 252 g/mol. The van der Waals surface area contributed by atoms with E-state index in [4.69, 9.17) is 9.84 Å². The number of hydrogen-bond donors (Lipinski definition) is 1. The van der Waals surface area contributed by atoms with E-state index in [1.54, 1.807) is 0 Å². The number of hydrogen-bond acceptors (Lipinski definition) is 3. The minimum Gasteiger partial charge on any atom is -0.478 e. The van der Waals surface area contributed by atoms with Crippen LogP contribution < -0.4 is 0 Å². The van der Waals surface area contributed by atoms with E-state index in [0.29, 0.717) is 5.92 Å². The maximum Gasteiger partial charge on any atom is 0.331 e. The van der Waals surface area contributed by atoms with Crippen LogP contribution >= 0.6 is 0 Å². The number of fused-ring (bicyclic) bond motifs is 2. The summed E-state index contributed by atoms with van der Waals surface area (Å²) in [4.78, 5) is 21.9. The molecule has 0 amide bonds. The zero-order valence-corrected chi connectivity index (χ0v) is 11.1. The number of aliphatic carboxylic acids is 1. The van der Waals surface area contributed by atoms with Gasteiger partial charge in [-0.1, -0.05) is 20.8 Å². The van der Waals surface area contributed by atoms with E-state index in [-0.39, 0.29) is 16.9 Å². The van der Waals surface area contributed by atoms with Crippen LogP contribution in [0.2, 0.25) is 0 Å². The van der Waals surface area contributed by atoms with Gasteiger partial charge in [-0.05, 0) is 30.6 Å². The molecule has 1 N–H and O–H groups in total. The Balaban J connectivity index is 2.05. The quantitative estimate of drug-likeness (QED) is 0.618. The number of ether oxygens (including phenoxy) is 1. The van der Waals surface area contributed by atoms with Gasteiger partial charge in [0.1, 0.15) is 6.10 Å². The molecule has 4 heteroatoms. The van der Waals surface area contributed by atoms with Gasteiger partial charge in [0, 0.05) is 17.6 Å². The molecule has 0 spiro atoms. The fourth-order valence-electron chi connectivity index (χ4n) is 3.63. The molecular weight excluding hydrogens is 232 g/mol. The molecule has 4 nitrogen and oxygen atoms in total. The Morgan fingerprint density at radius 2 is 1.94 bits per heavy atom. The first-order chi connectivity index (χ1) is 8.27. The SMILES string of the molecule is CC1(C)[C@H]2CC[C@]1(C)[C@@H](OC(=O)C=CC(=O)O)C2. The van der Waals surface area contributed by atoms with Gasteiger partial charge >= 0.3 is 11.9 Å². The highest BCUT2D eigenvalue weighted by atomic mass is 16.5. The summed E-state index contributed by atoms with van der Waals surface area (Å²) in [5.41, 5.74) is 0.207. The zero-order chi connectivity index (χ0) is 13.6. The van der Waals surface area contributed by atoms with Gasteiger partial charge in [0.2, 0.25) is 0 Å². The van der Waals surface area contributed by atoms with Crippen molar-refractivity contribution in [3.8, 4) is 0 Å². The normalized spacial score (nSPS) is 37.1.